The van der Waals surface area contributed by atoms with E-state index in [2.05, 4.69) is 10.6 Å². The third-order valence-electron chi connectivity index (χ3n) is 4.92. The number of hydrogen-bond donors (Lipinski definition) is 3. The summed E-state index contributed by atoms with van der Waals surface area (Å²) in [5, 5.41) is 5.57. The van der Waals surface area contributed by atoms with Gasteiger partial charge in [0.15, 0.2) is 0 Å². The highest BCUT2D eigenvalue weighted by atomic mass is 16.2. The molecular weight excluding hydrogens is 320 g/mol. The summed E-state index contributed by atoms with van der Waals surface area (Å²) in [4.78, 5) is 38.9. The van der Waals surface area contributed by atoms with Crippen molar-refractivity contribution in [3.8, 4) is 0 Å². The first-order chi connectivity index (χ1) is 12.0. The van der Waals surface area contributed by atoms with Gasteiger partial charge in [-0.25, -0.2) is 0 Å². The van der Waals surface area contributed by atoms with Gasteiger partial charge in [0.05, 0.1) is 6.04 Å². The van der Waals surface area contributed by atoms with Crippen LogP contribution in [-0.4, -0.2) is 46.8 Å². The van der Waals surface area contributed by atoms with Gasteiger partial charge in [-0.3, -0.25) is 14.4 Å². The fourth-order valence-electron chi connectivity index (χ4n) is 3.60. The lowest BCUT2D eigenvalue weighted by Gasteiger charge is -2.38. The largest absolute Gasteiger partial charge is 0.343 e. The van der Waals surface area contributed by atoms with Crippen molar-refractivity contribution in [3.05, 3.63) is 30.3 Å². The highest BCUT2D eigenvalue weighted by Crippen LogP contribution is 2.33. The van der Waals surface area contributed by atoms with E-state index >= 15 is 0 Å². The molecule has 2 fully saturated rings. The van der Waals surface area contributed by atoms with Crippen LogP contribution in [0.3, 0.4) is 0 Å². The van der Waals surface area contributed by atoms with Crippen LogP contribution in [0.15, 0.2) is 30.3 Å². The van der Waals surface area contributed by atoms with E-state index in [0.29, 0.717) is 18.5 Å². The summed E-state index contributed by atoms with van der Waals surface area (Å²) in [5.41, 5.74) is 6.28. The molecule has 134 valence electrons. The molecule has 3 rings (SSSR count). The number of benzene rings is 1. The number of piperidine rings is 1. The molecule has 2 heterocycles. The number of nitrogens with two attached hydrogens (primary N) is 1. The molecule has 0 aromatic heterocycles. The van der Waals surface area contributed by atoms with Gasteiger partial charge in [-0.15, -0.1) is 0 Å². The smallest absolute Gasteiger partial charge is 0.247 e. The Bertz CT molecular complexity index is 662. The van der Waals surface area contributed by atoms with Gasteiger partial charge in [0, 0.05) is 11.7 Å². The van der Waals surface area contributed by atoms with Crippen LogP contribution in [0.2, 0.25) is 0 Å². The predicted molar refractivity (Wildman–Crippen MR) is 93.5 cm³/mol. The summed E-state index contributed by atoms with van der Waals surface area (Å²) in [5.74, 6) is -0.710. The third-order valence-corrected chi connectivity index (χ3v) is 4.92. The van der Waals surface area contributed by atoms with E-state index in [-0.39, 0.29) is 23.8 Å². The molecule has 0 aliphatic carbocycles. The number of nitrogens with one attached hydrogen (secondary N) is 2. The molecule has 7 heteroatoms. The molecule has 1 aromatic carbocycles. The number of amides is 3. The molecule has 1 unspecified atom stereocenters. The number of carbonyl (C=O) groups is 3. The zero-order chi connectivity index (χ0) is 18.0. The van der Waals surface area contributed by atoms with Crippen molar-refractivity contribution in [1.29, 1.82) is 0 Å². The first-order valence-electron chi connectivity index (χ1n) is 8.71. The van der Waals surface area contributed by atoms with Crippen LogP contribution in [0.25, 0.3) is 0 Å². The van der Waals surface area contributed by atoms with Crippen LogP contribution in [0.4, 0.5) is 5.69 Å². The van der Waals surface area contributed by atoms with Gasteiger partial charge in [0.1, 0.15) is 12.1 Å². The summed E-state index contributed by atoms with van der Waals surface area (Å²) < 4.78 is 0. The normalized spacial score (nSPS) is 26.7. The minimum absolute atomic E-state index is 0.0717. The summed E-state index contributed by atoms with van der Waals surface area (Å²) in [7, 11) is 0. The van der Waals surface area contributed by atoms with Crippen LogP contribution >= 0.6 is 0 Å². The Balaban J connectivity index is 1.69. The second-order valence-electron chi connectivity index (χ2n) is 6.77. The Kier molecular flexibility index (Phi) is 5.03. The molecule has 4 atom stereocenters. The quantitative estimate of drug-likeness (QED) is 0.744. The molecule has 0 bridgehead atoms. The Hall–Kier alpha value is -2.41. The lowest BCUT2D eigenvalue weighted by atomic mass is 9.97. The Morgan fingerprint density at radius 2 is 1.84 bits per heavy atom. The van der Waals surface area contributed by atoms with Gasteiger partial charge in [-0.2, -0.15) is 0 Å². The van der Waals surface area contributed by atoms with E-state index in [0.717, 1.165) is 12.8 Å². The van der Waals surface area contributed by atoms with E-state index in [1.54, 1.807) is 11.8 Å². The molecule has 3 amide bonds. The monoisotopic (exact) mass is 344 g/mol. The van der Waals surface area contributed by atoms with Crippen molar-refractivity contribution in [3.63, 3.8) is 0 Å². The number of nitrogens with zero attached hydrogens (tertiary/aromatic N) is 1. The molecule has 7 nitrogen and oxygen atoms in total. The average molecular weight is 344 g/mol. The minimum Gasteiger partial charge on any atom is -0.343 e. The molecule has 2 saturated heterocycles. The minimum atomic E-state index is -0.665. The SMILES string of the molecule is C[C@H](N)C(=O)NC1CC[C@H]2CC[C@@H](C(=O)Nc3ccccc3)N2C1=O. The van der Waals surface area contributed by atoms with E-state index < -0.39 is 18.1 Å². The standard InChI is InChI=1S/C18H24N4O3/c1-11(19)16(23)21-14-9-7-13-8-10-15(22(13)18(14)25)17(24)20-12-5-3-2-4-6-12/h2-6,11,13-15H,7-10,19H2,1H3,(H,20,24)(H,21,23)/t11-,13-,14?,15-/m0/s1. The molecule has 4 N–H and O–H groups in total. The van der Waals surface area contributed by atoms with Crippen molar-refractivity contribution in [2.45, 2.75) is 56.8 Å². The summed E-state index contributed by atoms with van der Waals surface area (Å²) in [6.45, 7) is 1.58. The predicted octanol–water partition coefficient (Wildman–Crippen LogP) is 0.611. The van der Waals surface area contributed by atoms with Crippen molar-refractivity contribution in [1.82, 2.24) is 10.2 Å². The van der Waals surface area contributed by atoms with E-state index in [1.165, 1.54) is 0 Å². The maximum Gasteiger partial charge on any atom is 0.247 e. The van der Waals surface area contributed by atoms with Gasteiger partial charge in [0.2, 0.25) is 17.7 Å². The zero-order valence-corrected chi connectivity index (χ0v) is 14.3. The first-order valence-corrected chi connectivity index (χ1v) is 8.71. The Morgan fingerprint density at radius 1 is 1.16 bits per heavy atom. The molecule has 2 aliphatic heterocycles. The van der Waals surface area contributed by atoms with Crippen LogP contribution in [0, 0.1) is 0 Å². The number of fused-ring (bicyclic) bond motifs is 1. The summed E-state index contributed by atoms with van der Waals surface area (Å²) in [6, 6.07) is 7.51. The molecule has 0 radical (unpaired) electrons. The highest BCUT2D eigenvalue weighted by molar-refractivity contribution is 5.99. The van der Waals surface area contributed by atoms with E-state index in [9.17, 15) is 14.4 Å². The molecule has 25 heavy (non-hydrogen) atoms. The van der Waals surface area contributed by atoms with Gasteiger partial charge in [0.25, 0.3) is 0 Å². The fraction of sp³-hybridized carbons (Fsp3) is 0.500. The van der Waals surface area contributed by atoms with Crippen molar-refractivity contribution < 1.29 is 14.4 Å². The van der Waals surface area contributed by atoms with Crippen molar-refractivity contribution in [2.75, 3.05) is 5.32 Å². The molecule has 0 spiro atoms. The molecular formula is C18H24N4O3. The van der Waals surface area contributed by atoms with Gasteiger partial charge >= 0.3 is 0 Å². The second-order valence-corrected chi connectivity index (χ2v) is 6.77. The van der Waals surface area contributed by atoms with Gasteiger partial charge in [-0.1, -0.05) is 18.2 Å². The third kappa shape index (κ3) is 3.66. The average Bonchev–Trinajstić information content (AvgIpc) is 3.03. The van der Waals surface area contributed by atoms with Crippen LogP contribution in [-0.2, 0) is 14.4 Å². The first kappa shape index (κ1) is 17.4. The maximum atomic E-state index is 12.8. The topological polar surface area (TPSA) is 105 Å². The van der Waals surface area contributed by atoms with Gasteiger partial charge in [-0.05, 0) is 44.7 Å². The Labute approximate surface area is 146 Å². The number of anilines is 1. The molecule has 2 aliphatic rings. The second kappa shape index (κ2) is 7.23. The molecule has 1 aromatic rings. The van der Waals surface area contributed by atoms with Crippen molar-refractivity contribution in [2.24, 2.45) is 5.73 Å². The zero-order valence-electron chi connectivity index (χ0n) is 14.3. The maximum absolute atomic E-state index is 12.8. The van der Waals surface area contributed by atoms with Crippen LogP contribution in [0.5, 0.6) is 0 Å². The highest BCUT2D eigenvalue weighted by Gasteiger charge is 2.46. The van der Waals surface area contributed by atoms with Gasteiger partial charge < -0.3 is 21.3 Å². The van der Waals surface area contributed by atoms with Crippen LogP contribution in [0.1, 0.15) is 32.6 Å². The number of carbonyl (C=O) groups excluding carboxylic acids is 3. The van der Waals surface area contributed by atoms with Crippen molar-refractivity contribution >= 4 is 23.4 Å². The Morgan fingerprint density at radius 3 is 2.52 bits per heavy atom. The lowest BCUT2D eigenvalue weighted by molar-refractivity contribution is -0.145. The number of rotatable bonds is 4. The lowest BCUT2D eigenvalue weighted by Crippen LogP contribution is -2.59. The summed E-state index contributed by atoms with van der Waals surface area (Å²) >= 11 is 0. The van der Waals surface area contributed by atoms with Crippen LogP contribution < -0.4 is 16.4 Å². The summed E-state index contributed by atoms with van der Waals surface area (Å²) in [6.07, 6.45) is 2.83. The molecule has 0 saturated carbocycles. The van der Waals surface area contributed by atoms with E-state index in [4.69, 9.17) is 5.73 Å². The van der Waals surface area contributed by atoms with E-state index in [1.807, 2.05) is 30.3 Å². The fourth-order valence-corrected chi connectivity index (χ4v) is 3.60. The number of para-hydroxylation sites is 1. The number of hydrogen-bond acceptors (Lipinski definition) is 4.